The summed E-state index contributed by atoms with van der Waals surface area (Å²) in [5.74, 6) is 0.738. The van der Waals surface area contributed by atoms with E-state index in [2.05, 4.69) is 6.07 Å². The van der Waals surface area contributed by atoms with E-state index in [1.54, 1.807) is 6.92 Å². The Kier molecular flexibility index (Phi) is 5.51. The summed E-state index contributed by atoms with van der Waals surface area (Å²) in [5.41, 5.74) is 1.93. The lowest BCUT2D eigenvalue weighted by molar-refractivity contribution is 0.190. The Labute approximate surface area is 103 Å². The van der Waals surface area contributed by atoms with E-state index in [0.717, 1.165) is 29.7 Å². The molecule has 0 aliphatic heterocycles. The fourth-order valence-electron chi connectivity index (χ4n) is 1.61. The van der Waals surface area contributed by atoms with Crippen LogP contribution in [-0.2, 0) is 0 Å². The minimum Gasteiger partial charge on any atom is -0.493 e. The van der Waals surface area contributed by atoms with Gasteiger partial charge in [-0.15, -0.1) is 0 Å². The van der Waals surface area contributed by atoms with Crippen LogP contribution >= 0.6 is 0 Å². The second kappa shape index (κ2) is 6.93. The quantitative estimate of drug-likeness (QED) is 0.768. The molecule has 0 radical (unpaired) electrons. The van der Waals surface area contributed by atoms with Crippen molar-refractivity contribution >= 4 is 0 Å². The molecule has 0 aliphatic rings. The number of rotatable bonds is 6. The third-order valence-electron chi connectivity index (χ3n) is 2.56. The first-order valence-electron chi connectivity index (χ1n) is 5.93. The highest BCUT2D eigenvalue weighted by molar-refractivity contribution is 5.38. The Morgan fingerprint density at radius 2 is 2.18 bits per heavy atom. The zero-order valence-corrected chi connectivity index (χ0v) is 10.4. The van der Waals surface area contributed by atoms with Gasteiger partial charge in [0.1, 0.15) is 5.75 Å². The summed E-state index contributed by atoms with van der Waals surface area (Å²) in [6, 6.07) is 7.91. The van der Waals surface area contributed by atoms with Crippen LogP contribution in [0.3, 0.4) is 0 Å². The summed E-state index contributed by atoms with van der Waals surface area (Å²) in [7, 11) is 0. The number of benzene rings is 1. The maximum absolute atomic E-state index is 9.65. The molecule has 3 nitrogen and oxygen atoms in total. The van der Waals surface area contributed by atoms with Crippen LogP contribution in [-0.4, -0.2) is 11.7 Å². The normalized spacial score (nSPS) is 11.9. The predicted molar refractivity (Wildman–Crippen MR) is 66.8 cm³/mol. The topological polar surface area (TPSA) is 53.2 Å². The van der Waals surface area contributed by atoms with E-state index in [1.807, 2.05) is 25.1 Å². The molecule has 0 heterocycles. The van der Waals surface area contributed by atoms with Gasteiger partial charge in [0.15, 0.2) is 0 Å². The largest absolute Gasteiger partial charge is 0.493 e. The van der Waals surface area contributed by atoms with Gasteiger partial charge in [-0.25, -0.2) is 0 Å². The smallest absolute Gasteiger partial charge is 0.125 e. The van der Waals surface area contributed by atoms with Gasteiger partial charge in [-0.05, 0) is 38.8 Å². The fraction of sp³-hybridized carbons (Fsp3) is 0.500. The number of ether oxygens (including phenoxy) is 1. The van der Waals surface area contributed by atoms with Crippen molar-refractivity contribution in [2.45, 2.75) is 39.2 Å². The van der Waals surface area contributed by atoms with Gasteiger partial charge < -0.3 is 9.84 Å². The molecular weight excluding hydrogens is 214 g/mol. The summed E-state index contributed by atoms with van der Waals surface area (Å²) in [6.45, 7) is 4.31. The van der Waals surface area contributed by atoms with Gasteiger partial charge in [-0.2, -0.15) is 5.26 Å². The molecule has 0 aliphatic carbocycles. The third-order valence-corrected chi connectivity index (χ3v) is 2.56. The summed E-state index contributed by atoms with van der Waals surface area (Å²) in [4.78, 5) is 0. The molecule has 0 bridgehead atoms. The number of nitrogens with zero attached hydrogens (tertiary/aromatic N) is 1. The van der Waals surface area contributed by atoms with Crippen molar-refractivity contribution in [3.8, 4) is 11.8 Å². The van der Waals surface area contributed by atoms with Crippen LogP contribution in [0.1, 0.15) is 43.4 Å². The van der Waals surface area contributed by atoms with Gasteiger partial charge >= 0.3 is 0 Å². The molecule has 0 aromatic heterocycles. The van der Waals surface area contributed by atoms with Crippen molar-refractivity contribution < 1.29 is 9.84 Å². The summed E-state index contributed by atoms with van der Waals surface area (Å²) in [5, 5.41) is 18.1. The standard InChI is InChI=1S/C14H19NO2/c1-11-6-7-14(13(10-11)12(2)16)17-9-5-3-4-8-15/h6-7,10,12,16H,3-5,9H2,1-2H3/t12-/m1/s1. The highest BCUT2D eigenvalue weighted by Gasteiger charge is 2.09. The number of hydrogen-bond acceptors (Lipinski definition) is 3. The van der Waals surface area contributed by atoms with Gasteiger partial charge in [0.25, 0.3) is 0 Å². The average Bonchev–Trinajstić information content (AvgIpc) is 2.30. The second-order valence-electron chi connectivity index (χ2n) is 4.18. The number of aryl methyl sites for hydroxylation is 1. The first-order valence-corrected chi connectivity index (χ1v) is 5.93. The molecule has 1 aromatic rings. The van der Waals surface area contributed by atoms with Crippen molar-refractivity contribution in [1.29, 1.82) is 5.26 Å². The van der Waals surface area contributed by atoms with Crippen molar-refractivity contribution in [2.75, 3.05) is 6.61 Å². The minimum absolute atomic E-state index is 0.524. The first kappa shape index (κ1) is 13.5. The summed E-state index contributed by atoms with van der Waals surface area (Å²) < 4.78 is 5.63. The summed E-state index contributed by atoms with van der Waals surface area (Å²) in [6.07, 6.45) is 1.76. The molecule has 0 saturated carbocycles. The van der Waals surface area contributed by atoms with E-state index in [-0.39, 0.29) is 0 Å². The Morgan fingerprint density at radius 1 is 1.41 bits per heavy atom. The van der Waals surface area contributed by atoms with E-state index in [4.69, 9.17) is 10.00 Å². The second-order valence-corrected chi connectivity index (χ2v) is 4.18. The molecule has 0 spiro atoms. The van der Waals surface area contributed by atoms with Crippen molar-refractivity contribution in [2.24, 2.45) is 0 Å². The van der Waals surface area contributed by atoms with E-state index in [1.165, 1.54) is 0 Å². The lowest BCUT2D eigenvalue weighted by Gasteiger charge is -2.14. The number of unbranched alkanes of at least 4 members (excludes halogenated alkanes) is 2. The van der Waals surface area contributed by atoms with E-state index < -0.39 is 6.10 Å². The molecule has 1 rings (SSSR count). The Balaban J connectivity index is 2.55. The molecule has 0 unspecified atom stereocenters. The van der Waals surface area contributed by atoms with E-state index in [0.29, 0.717) is 13.0 Å². The number of aliphatic hydroxyl groups excluding tert-OH is 1. The molecule has 1 N–H and O–H groups in total. The van der Waals surface area contributed by atoms with Gasteiger partial charge in [0, 0.05) is 12.0 Å². The average molecular weight is 233 g/mol. The molecule has 3 heteroatoms. The van der Waals surface area contributed by atoms with Gasteiger partial charge in [0.05, 0.1) is 18.8 Å². The Hall–Kier alpha value is -1.53. The molecule has 1 atom stereocenters. The molecular formula is C14H19NO2. The van der Waals surface area contributed by atoms with Gasteiger partial charge in [0.2, 0.25) is 0 Å². The van der Waals surface area contributed by atoms with Crippen LogP contribution in [0.25, 0.3) is 0 Å². The molecule has 17 heavy (non-hydrogen) atoms. The highest BCUT2D eigenvalue weighted by Crippen LogP contribution is 2.26. The molecule has 0 saturated heterocycles. The molecule has 0 amide bonds. The van der Waals surface area contributed by atoms with Crippen molar-refractivity contribution in [3.63, 3.8) is 0 Å². The molecule has 0 fully saturated rings. The minimum atomic E-state index is -0.524. The Bertz CT molecular complexity index is 394. The Morgan fingerprint density at radius 3 is 2.82 bits per heavy atom. The fourth-order valence-corrected chi connectivity index (χ4v) is 1.61. The van der Waals surface area contributed by atoms with Gasteiger partial charge in [-0.3, -0.25) is 0 Å². The number of nitriles is 1. The maximum Gasteiger partial charge on any atom is 0.125 e. The van der Waals surface area contributed by atoms with Crippen LogP contribution in [0, 0.1) is 18.3 Å². The SMILES string of the molecule is Cc1ccc(OCCCCC#N)c([C@@H](C)O)c1. The lowest BCUT2D eigenvalue weighted by Crippen LogP contribution is -2.02. The van der Waals surface area contributed by atoms with Crippen LogP contribution in [0.4, 0.5) is 0 Å². The van der Waals surface area contributed by atoms with Crippen LogP contribution in [0.5, 0.6) is 5.75 Å². The highest BCUT2D eigenvalue weighted by atomic mass is 16.5. The monoisotopic (exact) mass is 233 g/mol. The van der Waals surface area contributed by atoms with Crippen LogP contribution < -0.4 is 4.74 Å². The van der Waals surface area contributed by atoms with Crippen LogP contribution in [0.15, 0.2) is 18.2 Å². The zero-order valence-electron chi connectivity index (χ0n) is 10.4. The first-order chi connectivity index (χ1) is 8.15. The van der Waals surface area contributed by atoms with Crippen molar-refractivity contribution in [3.05, 3.63) is 29.3 Å². The lowest BCUT2D eigenvalue weighted by atomic mass is 10.1. The zero-order chi connectivity index (χ0) is 12.7. The molecule has 92 valence electrons. The maximum atomic E-state index is 9.65. The number of aliphatic hydroxyl groups is 1. The van der Waals surface area contributed by atoms with Gasteiger partial charge in [-0.1, -0.05) is 11.6 Å². The van der Waals surface area contributed by atoms with Crippen molar-refractivity contribution in [1.82, 2.24) is 0 Å². The van der Waals surface area contributed by atoms with E-state index in [9.17, 15) is 5.11 Å². The van der Waals surface area contributed by atoms with Crippen LogP contribution in [0.2, 0.25) is 0 Å². The van der Waals surface area contributed by atoms with E-state index >= 15 is 0 Å². The molecule has 1 aromatic carbocycles. The predicted octanol–water partition coefficient (Wildman–Crippen LogP) is 3.12. The third kappa shape index (κ3) is 4.46. The summed E-state index contributed by atoms with van der Waals surface area (Å²) >= 11 is 0. The number of hydrogen-bond donors (Lipinski definition) is 1.